The second-order valence-electron chi connectivity index (χ2n) is 5.02. The first-order valence-corrected chi connectivity index (χ1v) is 7.06. The van der Waals surface area contributed by atoms with Crippen molar-refractivity contribution in [2.75, 3.05) is 0 Å². The van der Waals surface area contributed by atoms with E-state index in [9.17, 15) is 0 Å². The Morgan fingerprint density at radius 3 is 2.59 bits per heavy atom. The normalized spacial score (nSPS) is 13.1. The lowest BCUT2D eigenvalue weighted by Crippen LogP contribution is -2.28. The molecule has 0 amide bonds. The molecule has 17 heavy (non-hydrogen) atoms. The van der Waals surface area contributed by atoms with Gasteiger partial charge < -0.3 is 0 Å². The van der Waals surface area contributed by atoms with Crippen LogP contribution < -0.4 is 11.3 Å². The van der Waals surface area contributed by atoms with Crippen molar-refractivity contribution in [3.8, 4) is 0 Å². The third-order valence-corrected chi connectivity index (χ3v) is 4.16. The Labute approximate surface area is 113 Å². The Morgan fingerprint density at radius 2 is 2.00 bits per heavy atom. The number of hydrazine groups is 1. The van der Waals surface area contributed by atoms with Crippen molar-refractivity contribution in [3.63, 3.8) is 0 Å². The van der Waals surface area contributed by atoms with E-state index in [2.05, 4.69) is 60.3 Å². The van der Waals surface area contributed by atoms with Crippen molar-refractivity contribution in [2.45, 2.75) is 46.1 Å². The van der Waals surface area contributed by atoms with E-state index < -0.39 is 0 Å². The molecule has 0 spiro atoms. The van der Waals surface area contributed by atoms with E-state index in [-0.39, 0.29) is 6.04 Å². The minimum atomic E-state index is 0.239. The van der Waals surface area contributed by atoms with Crippen molar-refractivity contribution in [3.05, 3.63) is 33.8 Å². The largest absolute Gasteiger partial charge is 0.271 e. The van der Waals surface area contributed by atoms with Gasteiger partial charge in [-0.05, 0) is 30.4 Å². The SMILES string of the molecule is Cc1cccc(C(CCCC(C)C)NN)c1Br. The highest BCUT2D eigenvalue weighted by Crippen LogP contribution is 2.29. The minimum absolute atomic E-state index is 0.239. The molecular weight excluding hydrogens is 276 g/mol. The minimum Gasteiger partial charge on any atom is -0.271 e. The highest BCUT2D eigenvalue weighted by atomic mass is 79.9. The van der Waals surface area contributed by atoms with Gasteiger partial charge in [0.2, 0.25) is 0 Å². The van der Waals surface area contributed by atoms with E-state index in [4.69, 9.17) is 5.84 Å². The molecule has 0 aliphatic carbocycles. The first-order valence-electron chi connectivity index (χ1n) is 6.27. The molecule has 0 aliphatic heterocycles. The zero-order chi connectivity index (χ0) is 12.8. The molecule has 1 atom stereocenters. The van der Waals surface area contributed by atoms with Gasteiger partial charge in [0.1, 0.15) is 0 Å². The second kappa shape index (κ2) is 7.14. The first kappa shape index (κ1) is 14.7. The zero-order valence-corrected chi connectivity index (χ0v) is 12.5. The molecule has 2 nitrogen and oxygen atoms in total. The Morgan fingerprint density at radius 1 is 1.29 bits per heavy atom. The number of hydrogen-bond donors (Lipinski definition) is 2. The molecule has 0 saturated heterocycles. The van der Waals surface area contributed by atoms with Crippen LogP contribution in [0.4, 0.5) is 0 Å². The van der Waals surface area contributed by atoms with Gasteiger partial charge >= 0.3 is 0 Å². The number of rotatable bonds is 6. The molecule has 0 aromatic heterocycles. The molecule has 3 N–H and O–H groups in total. The van der Waals surface area contributed by atoms with Gasteiger partial charge in [-0.1, -0.05) is 60.8 Å². The molecule has 1 aromatic rings. The molecule has 1 aromatic carbocycles. The first-order chi connectivity index (χ1) is 8.06. The average molecular weight is 299 g/mol. The molecule has 0 fully saturated rings. The average Bonchev–Trinajstić information content (AvgIpc) is 2.28. The molecule has 0 saturated carbocycles. The molecule has 0 heterocycles. The summed E-state index contributed by atoms with van der Waals surface area (Å²) in [5, 5.41) is 0. The van der Waals surface area contributed by atoms with E-state index >= 15 is 0 Å². The third-order valence-electron chi connectivity index (χ3n) is 3.07. The van der Waals surface area contributed by atoms with Crippen molar-refractivity contribution < 1.29 is 0 Å². The maximum Gasteiger partial charge on any atom is 0.0471 e. The summed E-state index contributed by atoms with van der Waals surface area (Å²) in [4.78, 5) is 0. The number of benzene rings is 1. The van der Waals surface area contributed by atoms with Crippen LogP contribution in [0.3, 0.4) is 0 Å². The number of nitrogens with one attached hydrogen (secondary N) is 1. The standard InChI is InChI=1S/C14H23BrN2/c1-10(2)6-4-9-13(17-16)12-8-5-7-11(3)14(12)15/h5,7-8,10,13,17H,4,6,9,16H2,1-3H3. The van der Waals surface area contributed by atoms with Crippen LogP contribution in [0.5, 0.6) is 0 Å². The molecule has 1 rings (SSSR count). The number of hydrogen-bond acceptors (Lipinski definition) is 2. The molecule has 3 heteroatoms. The maximum absolute atomic E-state index is 5.67. The van der Waals surface area contributed by atoms with E-state index in [1.54, 1.807) is 0 Å². The van der Waals surface area contributed by atoms with Gasteiger partial charge in [0.05, 0.1) is 0 Å². The molecule has 0 aliphatic rings. The van der Waals surface area contributed by atoms with Crippen LogP contribution in [-0.2, 0) is 0 Å². The molecule has 96 valence electrons. The van der Waals surface area contributed by atoms with Crippen LogP contribution in [0.15, 0.2) is 22.7 Å². The highest BCUT2D eigenvalue weighted by Gasteiger charge is 2.13. The Hall–Kier alpha value is -0.380. The lowest BCUT2D eigenvalue weighted by atomic mass is 9.97. The lowest BCUT2D eigenvalue weighted by molar-refractivity contribution is 0.454. The fourth-order valence-corrected chi connectivity index (χ4v) is 2.54. The number of aryl methyl sites for hydroxylation is 1. The van der Waals surface area contributed by atoms with Crippen LogP contribution in [0.1, 0.15) is 50.3 Å². The third kappa shape index (κ3) is 4.41. The van der Waals surface area contributed by atoms with E-state index in [1.807, 2.05) is 0 Å². The maximum atomic E-state index is 5.67. The predicted molar refractivity (Wildman–Crippen MR) is 77.6 cm³/mol. The van der Waals surface area contributed by atoms with Crippen molar-refractivity contribution in [1.29, 1.82) is 0 Å². The summed E-state index contributed by atoms with van der Waals surface area (Å²) < 4.78 is 1.17. The van der Waals surface area contributed by atoms with Gasteiger partial charge in [0.25, 0.3) is 0 Å². The Kier molecular flexibility index (Phi) is 6.17. The second-order valence-corrected chi connectivity index (χ2v) is 5.82. The summed E-state index contributed by atoms with van der Waals surface area (Å²) in [5.41, 5.74) is 5.45. The molecule has 1 unspecified atom stereocenters. The monoisotopic (exact) mass is 298 g/mol. The van der Waals surface area contributed by atoms with Crippen LogP contribution in [0.25, 0.3) is 0 Å². The van der Waals surface area contributed by atoms with Gasteiger partial charge in [-0.15, -0.1) is 0 Å². The Balaban J connectivity index is 2.69. The van der Waals surface area contributed by atoms with Gasteiger partial charge in [0.15, 0.2) is 0 Å². The highest BCUT2D eigenvalue weighted by molar-refractivity contribution is 9.10. The van der Waals surface area contributed by atoms with E-state index in [1.165, 1.54) is 28.4 Å². The lowest BCUT2D eigenvalue weighted by Gasteiger charge is -2.19. The fraction of sp³-hybridized carbons (Fsp3) is 0.571. The van der Waals surface area contributed by atoms with Crippen LogP contribution in [-0.4, -0.2) is 0 Å². The van der Waals surface area contributed by atoms with Crippen LogP contribution in [0, 0.1) is 12.8 Å². The van der Waals surface area contributed by atoms with Crippen LogP contribution in [0.2, 0.25) is 0 Å². The fourth-order valence-electron chi connectivity index (χ4n) is 2.00. The van der Waals surface area contributed by atoms with Crippen molar-refractivity contribution in [1.82, 2.24) is 5.43 Å². The van der Waals surface area contributed by atoms with E-state index in [0.29, 0.717) is 0 Å². The molecule has 0 bridgehead atoms. The van der Waals surface area contributed by atoms with Gasteiger partial charge in [-0.25, -0.2) is 0 Å². The Bertz CT molecular complexity index is 350. The molecule has 0 radical (unpaired) electrons. The summed E-state index contributed by atoms with van der Waals surface area (Å²) in [7, 11) is 0. The zero-order valence-electron chi connectivity index (χ0n) is 11.0. The van der Waals surface area contributed by atoms with E-state index in [0.717, 1.165) is 12.3 Å². The van der Waals surface area contributed by atoms with Gasteiger partial charge in [-0.3, -0.25) is 11.3 Å². The number of halogens is 1. The topological polar surface area (TPSA) is 38.0 Å². The summed E-state index contributed by atoms with van der Waals surface area (Å²) in [6, 6.07) is 6.57. The van der Waals surface area contributed by atoms with Crippen molar-refractivity contribution >= 4 is 15.9 Å². The van der Waals surface area contributed by atoms with Gasteiger partial charge in [0, 0.05) is 10.5 Å². The smallest absolute Gasteiger partial charge is 0.0471 e. The van der Waals surface area contributed by atoms with Gasteiger partial charge in [-0.2, -0.15) is 0 Å². The summed E-state index contributed by atoms with van der Waals surface area (Å²) in [6.07, 6.45) is 3.53. The quantitative estimate of drug-likeness (QED) is 0.613. The molecular formula is C14H23BrN2. The van der Waals surface area contributed by atoms with Crippen LogP contribution >= 0.6 is 15.9 Å². The van der Waals surface area contributed by atoms with Crippen molar-refractivity contribution in [2.24, 2.45) is 11.8 Å². The predicted octanol–water partition coefficient (Wildman–Crippen LogP) is 4.09. The summed E-state index contributed by atoms with van der Waals surface area (Å²) in [6.45, 7) is 6.62. The summed E-state index contributed by atoms with van der Waals surface area (Å²) in [5.74, 6) is 6.43. The number of nitrogens with two attached hydrogens (primary N) is 1. The summed E-state index contributed by atoms with van der Waals surface area (Å²) >= 11 is 3.65.